The smallest absolute Gasteiger partial charge is 0.272 e. The monoisotopic (exact) mass is 302 g/mol. The molecule has 3 rings (SSSR count). The fraction of sp³-hybridized carbons (Fsp3) is 0.562. The van der Waals surface area contributed by atoms with E-state index < -0.39 is 0 Å². The second-order valence-electron chi connectivity index (χ2n) is 6.07. The van der Waals surface area contributed by atoms with Crippen LogP contribution in [0.2, 0.25) is 0 Å². The molecule has 6 nitrogen and oxygen atoms in total. The van der Waals surface area contributed by atoms with Gasteiger partial charge >= 0.3 is 0 Å². The fourth-order valence-corrected chi connectivity index (χ4v) is 2.98. The highest BCUT2D eigenvalue weighted by Crippen LogP contribution is 2.28. The van der Waals surface area contributed by atoms with E-state index >= 15 is 0 Å². The summed E-state index contributed by atoms with van der Waals surface area (Å²) in [6, 6.07) is 3.27. The maximum absolute atomic E-state index is 12.5. The van der Waals surface area contributed by atoms with Crippen LogP contribution in [0.15, 0.2) is 18.3 Å². The number of nitrogen functional groups attached to an aromatic ring is 1. The molecule has 2 heterocycles. The predicted octanol–water partition coefficient (Wildman–Crippen LogP) is 1.14. The van der Waals surface area contributed by atoms with Crippen LogP contribution in [0.3, 0.4) is 0 Å². The van der Waals surface area contributed by atoms with Crippen molar-refractivity contribution in [3.8, 4) is 0 Å². The van der Waals surface area contributed by atoms with Crippen molar-refractivity contribution in [2.45, 2.75) is 25.7 Å². The van der Waals surface area contributed by atoms with Crippen molar-refractivity contribution in [3.63, 3.8) is 0 Å². The van der Waals surface area contributed by atoms with Gasteiger partial charge in [0.2, 0.25) is 5.91 Å². The number of pyridine rings is 1. The van der Waals surface area contributed by atoms with Crippen LogP contribution in [0.1, 0.15) is 36.2 Å². The Kier molecular flexibility index (Phi) is 4.27. The zero-order chi connectivity index (χ0) is 15.5. The summed E-state index contributed by atoms with van der Waals surface area (Å²) in [5.41, 5.74) is 6.62. The summed E-state index contributed by atoms with van der Waals surface area (Å²) in [7, 11) is 0. The van der Waals surface area contributed by atoms with Gasteiger partial charge in [-0.25, -0.2) is 0 Å². The zero-order valence-electron chi connectivity index (χ0n) is 12.7. The molecule has 0 aromatic carbocycles. The number of carbonyl (C=O) groups is 2. The molecular formula is C16H22N4O2. The van der Waals surface area contributed by atoms with Gasteiger partial charge in [-0.1, -0.05) is 6.42 Å². The fourth-order valence-electron chi connectivity index (χ4n) is 2.98. The largest absolute Gasteiger partial charge is 0.399 e. The molecule has 2 fully saturated rings. The van der Waals surface area contributed by atoms with Crippen molar-refractivity contribution in [1.82, 2.24) is 14.8 Å². The van der Waals surface area contributed by atoms with Gasteiger partial charge in [0.1, 0.15) is 5.69 Å². The minimum absolute atomic E-state index is 0.106. The zero-order valence-corrected chi connectivity index (χ0v) is 12.7. The van der Waals surface area contributed by atoms with Crippen molar-refractivity contribution in [3.05, 3.63) is 24.0 Å². The van der Waals surface area contributed by atoms with E-state index in [0.717, 1.165) is 32.2 Å². The quantitative estimate of drug-likeness (QED) is 0.888. The third kappa shape index (κ3) is 3.05. The Bertz CT molecular complexity index is 571. The average molecular weight is 302 g/mol. The van der Waals surface area contributed by atoms with Gasteiger partial charge in [0.15, 0.2) is 0 Å². The highest BCUT2D eigenvalue weighted by Gasteiger charge is 2.31. The lowest BCUT2D eigenvalue weighted by atomic mass is 9.84. The highest BCUT2D eigenvalue weighted by atomic mass is 16.2. The molecule has 1 aromatic rings. The van der Waals surface area contributed by atoms with Crippen molar-refractivity contribution in [1.29, 1.82) is 0 Å². The number of amides is 2. The maximum atomic E-state index is 12.5. The highest BCUT2D eigenvalue weighted by molar-refractivity contribution is 5.93. The van der Waals surface area contributed by atoms with Crippen LogP contribution in [-0.2, 0) is 4.79 Å². The summed E-state index contributed by atoms with van der Waals surface area (Å²) in [5.74, 6) is 0.380. The average Bonchev–Trinajstić information content (AvgIpc) is 2.70. The predicted molar refractivity (Wildman–Crippen MR) is 83.1 cm³/mol. The van der Waals surface area contributed by atoms with E-state index in [2.05, 4.69) is 4.98 Å². The van der Waals surface area contributed by atoms with E-state index in [0.29, 0.717) is 31.0 Å². The molecule has 1 aromatic heterocycles. The number of nitrogens with two attached hydrogens (primary N) is 1. The first kappa shape index (κ1) is 14.8. The van der Waals surface area contributed by atoms with E-state index in [4.69, 9.17) is 5.73 Å². The summed E-state index contributed by atoms with van der Waals surface area (Å²) in [6.45, 7) is 2.57. The third-order valence-corrected chi connectivity index (χ3v) is 4.55. The lowest BCUT2D eigenvalue weighted by Gasteiger charge is -2.31. The Morgan fingerprint density at radius 3 is 2.50 bits per heavy atom. The minimum Gasteiger partial charge on any atom is -0.399 e. The van der Waals surface area contributed by atoms with Gasteiger partial charge in [0.05, 0.1) is 0 Å². The second kappa shape index (κ2) is 6.34. The third-order valence-electron chi connectivity index (χ3n) is 4.55. The number of anilines is 1. The lowest BCUT2D eigenvalue weighted by molar-refractivity contribution is -0.138. The Morgan fingerprint density at radius 2 is 1.82 bits per heavy atom. The molecule has 0 radical (unpaired) electrons. The summed E-state index contributed by atoms with van der Waals surface area (Å²) >= 11 is 0. The summed E-state index contributed by atoms with van der Waals surface area (Å²) < 4.78 is 0. The van der Waals surface area contributed by atoms with Crippen LogP contribution >= 0.6 is 0 Å². The molecule has 1 saturated heterocycles. The first-order valence-corrected chi connectivity index (χ1v) is 7.95. The van der Waals surface area contributed by atoms with Gasteiger partial charge in [-0.15, -0.1) is 0 Å². The number of nitrogens with zero attached hydrogens (tertiary/aromatic N) is 3. The molecule has 2 N–H and O–H groups in total. The van der Waals surface area contributed by atoms with Gasteiger partial charge < -0.3 is 15.5 Å². The molecule has 2 aliphatic rings. The molecule has 1 aliphatic heterocycles. The SMILES string of the molecule is Nc1ccnc(C(=O)N2CCCN(C(=O)C3CCC3)CC2)c1. The van der Waals surface area contributed by atoms with Crippen molar-refractivity contribution in [2.75, 3.05) is 31.9 Å². The van der Waals surface area contributed by atoms with Crippen LogP contribution in [0.5, 0.6) is 0 Å². The van der Waals surface area contributed by atoms with Gasteiger partial charge in [-0.3, -0.25) is 14.6 Å². The van der Waals surface area contributed by atoms with E-state index in [1.807, 2.05) is 4.90 Å². The van der Waals surface area contributed by atoms with Gasteiger partial charge in [0.25, 0.3) is 5.91 Å². The van der Waals surface area contributed by atoms with Crippen molar-refractivity contribution < 1.29 is 9.59 Å². The van der Waals surface area contributed by atoms with Crippen LogP contribution in [0.25, 0.3) is 0 Å². The number of hydrogen-bond donors (Lipinski definition) is 1. The first-order chi connectivity index (χ1) is 10.6. The Labute approximate surface area is 130 Å². The van der Waals surface area contributed by atoms with Gasteiger partial charge in [-0.2, -0.15) is 0 Å². The maximum Gasteiger partial charge on any atom is 0.272 e. The first-order valence-electron chi connectivity index (χ1n) is 7.95. The topological polar surface area (TPSA) is 79.5 Å². The van der Waals surface area contributed by atoms with Crippen LogP contribution in [0.4, 0.5) is 5.69 Å². The van der Waals surface area contributed by atoms with Crippen LogP contribution in [0, 0.1) is 5.92 Å². The summed E-state index contributed by atoms with van der Waals surface area (Å²) in [5, 5.41) is 0. The van der Waals surface area contributed by atoms with Crippen LogP contribution in [-0.4, -0.2) is 52.8 Å². The molecule has 0 atom stereocenters. The molecule has 0 unspecified atom stereocenters. The van der Waals surface area contributed by atoms with Gasteiger partial charge in [0, 0.05) is 44.0 Å². The van der Waals surface area contributed by atoms with Crippen molar-refractivity contribution >= 4 is 17.5 Å². The molecule has 22 heavy (non-hydrogen) atoms. The Morgan fingerprint density at radius 1 is 1.09 bits per heavy atom. The molecule has 1 aliphatic carbocycles. The van der Waals surface area contributed by atoms with Gasteiger partial charge in [-0.05, 0) is 31.4 Å². The summed E-state index contributed by atoms with van der Waals surface area (Å²) in [4.78, 5) is 32.6. The molecule has 6 heteroatoms. The second-order valence-corrected chi connectivity index (χ2v) is 6.07. The molecular weight excluding hydrogens is 280 g/mol. The molecule has 0 spiro atoms. The number of hydrogen-bond acceptors (Lipinski definition) is 4. The minimum atomic E-state index is -0.106. The molecule has 118 valence electrons. The Hall–Kier alpha value is -2.11. The standard InChI is InChI=1S/C16H22N4O2/c17-13-5-6-18-14(11-13)16(22)20-8-2-7-19(9-10-20)15(21)12-3-1-4-12/h5-6,11-12H,1-4,7-10H2,(H2,17,18). The van der Waals surface area contributed by atoms with E-state index in [1.54, 1.807) is 23.2 Å². The molecule has 1 saturated carbocycles. The lowest BCUT2D eigenvalue weighted by Crippen LogP contribution is -2.41. The van der Waals surface area contributed by atoms with Crippen LogP contribution < -0.4 is 5.73 Å². The van der Waals surface area contributed by atoms with E-state index in [9.17, 15) is 9.59 Å². The normalized spacial score (nSPS) is 19.5. The number of carbonyl (C=O) groups excluding carboxylic acids is 2. The Balaban J connectivity index is 1.62. The molecule has 0 bridgehead atoms. The van der Waals surface area contributed by atoms with E-state index in [-0.39, 0.29) is 17.7 Å². The number of aromatic nitrogens is 1. The molecule has 2 amide bonds. The number of rotatable bonds is 2. The summed E-state index contributed by atoms with van der Waals surface area (Å²) in [6.07, 6.45) is 5.56. The van der Waals surface area contributed by atoms with E-state index in [1.165, 1.54) is 0 Å². The van der Waals surface area contributed by atoms with Crippen molar-refractivity contribution in [2.24, 2.45) is 5.92 Å².